The minimum Gasteiger partial charge on any atom is -0.469 e. The lowest BCUT2D eigenvalue weighted by Gasteiger charge is -2.28. The van der Waals surface area contributed by atoms with Crippen molar-refractivity contribution in [2.45, 2.75) is 50.6 Å². The first-order chi connectivity index (χ1) is 22.2. The van der Waals surface area contributed by atoms with E-state index in [1.807, 2.05) is 80.6 Å². The normalized spacial score (nSPS) is 22.3. The molecular weight excluding hydrogens is 656 g/mol. The minimum atomic E-state index is -1.14. The number of carbonyl (C=O) groups is 3. The summed E-state index contributed by atoms with van der Waals surface area (Å²) in [4.78, 5) is 44.9. The Bertz CT molecular complexity index is 1860. The second-order valence-corrected chi connectivity index (χ2v) is 12.7. The number of fused-ring (bicyclic) bond motifs is 4. The zero-order valence-electron chi connectivity index (χ0n) is 25.3. The van der Waals surface area contributed by atoms with Crippen LogP contribution >= 0.6 is 15.9 Å². The van der Waals surface area contributed by atoms with Gasteiger partial charge in [0.1, 0.15) is 29.9 Å². The van der Waals surface area contributed by atoms with E-state index >= 15 is 0 Å². The Kier molecular flexibility index (Phi) is 7.47. The average molecular weight is 688 g/mol. The first kappa shape index (κ1) is 29.8. The van der Waals surface area contributed by atoms with Gasteiger partial charge in [-0.05, 0) is 45.1 Å². The number of para-hydroxylation sites is 1. The molecule has 11 nitrogen and oxygen atoms in total. The van der Waals surface area contributed by atoms with Gasteiger partial charge in [0.2, 0.25) is 11.8 Å². The van der Waals surface area contributed by atoms with Crippen molar-refractivity contribution in [1.82, 2.24) is 15.6 Å². The van der Waals surface area contributed by atoms with E-state index in [0.29, 0.717) is 5.75 Å². The van der Waals surface area contributed by atoms with Crippen LogP contribution in [0.2, 0.25) is 0 Å². The number of hydrogen-bond donors (Lipinski definition) is 3. The van der Waals surface area contributed by atoms with E-state index in [1.165, 1.54) is 7.11 Å². The highest BCUT2D eigenvalue weighted by Crippen LogP contribution is 2.59. The number of benzene rings is 3. The molecule has 236 valence electrons. The predicted octanol–water partition coefficient (Wildman–Crippen LogP) is 5.37. The van der Waals surface area contributed by atoms with Gasteiger partial charge in [-0.15, -0.1) is 0 Å². The largest absolute Gasteiger partial charge is 0.469 e. The molecular formula is C34H31BrN4O7. The van der Waals surface area contributed by atoms with Gasteiger partial charge in [0.15, 0.2) is 17.7 Å². The maximum atomic E-state index is 13.9. The molecule has 0 aliphatic carbocycles. The van der Waals surface area contributed by atoms with Crippen molar-refractivity contribution in [1.29, 1.82) is 0 Å². The molecule has 4 aromatic rings. The van der Waals surface area contributed by atoms with Crippen LogP contribution < -0.4 is 20.7 Å². The molecule has 1 spiro atoms. The first-order valence-corrected chi connectivity index (χ1v) is 15.7. The smallest absolute Gasteiger partial charge is 0.408 e. The van der Waals surface area contributed by atoms with Gasteiger partial charge >= 0.3 is 12.1 Å². The molecule has 0 fully saturated rings. The number of nitrogens with one attached hydrogen (secondary N) is 3. The highest BCUT2D eigenvalue weighted by atomic mass is 79.9. The van der Waals surface area contributed by atoms with Crippen molar-refractivity contribution >= 4 is 39.6 Å². The minimum absolute atomic E-state index is 0.0164. The zero-order chi connectivity index (χ0) is 32.2. The molecule has 3 aromatic carbocycles. The third-order valence-electron chi connectivity index (χ3n) is 8.69. The van der Waals surface area contributed by atoms with Crippen molar-refractivity contribution in [2.24, 2.45) is 5.92 Å². The lowest BCUT2D eigenvalue weighted by Crippen LogP contribution is -2.49. The van der Waals surface area contributed by atoms with Crippen molar-refractivity contribution in [3.63, 3.8) is 0 Å². The molecule has 2 unspecified atom stereocenters. The van der Waals surface area contributed by atoms with E-state index in [2.05, 4.69) is 36.9 Å². The summed E-state index contributed by atoms with van der Waals surface area (Å²) in [5.41, 5.74) is 2.74. The number of anilines is 1. The molecule has 0 saturated heterocycles. The standard InChI is InChI=1S/C34H31BrN4O7/c1-17(2)25-30-38-27(31(41)43-3)28(46-30)34-20-10-7-11-22(35)26(20)39-32(34)45-24-13-12-19(14-21(24)34)15-23(29(40)37-25)36-33(42)44-16-18-8-5-4-6-9-18/h4-14,17,23,25,32,39H,15-16H2,1-3H3,(H,36,42)(H,37,40)/t23-,25-,32?,34?/m0/s1. The fourth-order valence-corrected chi connectivity index (χ4v) is 6.96. The summed E-state index contributed by atoms with van der Waals surface area (Å²) in [5, 5.41) is 9.25. The van der Waals surface area contributed by atoms with E-state index in [-0.39, 0.29) is 36.3 Å². The summed E-state index contributed by atoms with van der Waals surface area (Å²) in [5.74, 6) is -0.397. The number of rotatable bonds is 5. The molecule has 0 saturated carbocycles. The average Bonchev–Trinajstić information content (AvgIpc) is 3.72. The van der Waals surface area contributed by atoms with E-state index in [4.69, 9.17) is 18.6 Å². The fourth-order valence-electron chi connectivity index (χ4n) is 6.48. The zero-order valence-corrected chi connectivity index (χ0v) is 26.8. The monoisotopic (exact) mass is 686 g/mol. The van der Waals surface area contributed by atoms with Crippen LogP contribution in [0, 0.1) is 5.92 Å². The summed E-state index contributed by atoms with van der Waals surface area (Å²) >= 11 is 3.66. The molecule has 12 heteroatoms. The van der Waals surface area contributed by atoms with Gasteiger partial charge in [0, 0.05) is 22.0 Å². The number of ether oxygens (including phenoxy) is 3. The first-order valence-electron chi connectivity index (χ1n) is 14.9. The maximum Gasteiger partial charge on any atom is 0.408 e. The Morgan fingerprint density at radius 1 is 1.09 bits per heavy atom. The Hall–Kier alpha value is -4.84. The number of esters is 1. The summed E-state index contributed by atoms with van der Waals surface area (Å²) < 4.78 is 24.6. The highest BCUT2D eigenvalue weighted by Gasteiger charge is 2.61. The van der Waals surface area contributed by atoms with Crippen LogP contribution in [0.4, 0.5) is 10.5 Å². The molecule has 4 heterocycles. The lowest BCUT2D eigenvalue weighted by molar-refractivity contribution is -0.124. The van der Waals surface area contributed by atoms with Crippen LogP contribution in [0.25, 0.3) is 0 Å². The summed E-state index contributed by atoms with van der Waals surface area (Å²) in [6.45, 7) is 3.85. The van der Waals surface area contributed by atoms with Crippen molar-refractivity contribution < 1.29 is 33.0 Å². The topological polar surface area (TPSA) is 141 Å². The Balaban J connectivity index is 1.37. The lowest BCUT2D eigenvalue weighted by atomic mass is 9.72. The molecule has 7 rings (SSSR count). The Morgan fingerprint density at radius 3 is 2.65 bits per heavy atom. The fraction of sp³-hybridized carbons (Fsp3) is 0.294. The molecule has 46 heavy (non-hydrogen) atoms. The number of alkyl carbamates (subject to hydrolysis) is 1. The molecule has 4 bridgehead atoms. The van der Waals surface area contributed by atoms with E-state index in [1.54, 1.807) is 0 Å². The predicted molar refractivity (Wildman–Crippen MR) is 169 cm³/mol. The second-order valence-electron chi connectivity index (χ2n) is 11.9. The number of oxazole rings is 1. The van der Waals surface area contributed by atoms with Gasteiger partial charge in [-0.2, -0.15) is 0 Å². The van der Waals surface area contributed by atoms with Crippen molar-refractivity contribution in [2.75, 3.05) is 12.4 Å². The summed E-state index contributed by atoms with van der Waals surface area (Å²) in [7, 11) is 1.28. The molecule has 3 aliphatic heterocycles. The third-order valence-corrected chi connectivity index (χ3v) is 9.35. The number of aromatic nitrogens is 1. The third kappa shape index (κ3) is 4.79. The van der Waals surface area contributed by atoms with Crippen LogP contribution in [-0.4, -0.2) is 42.3 Å². The molecule has 1 aromatic heterocycles. The quantitative estimate of drug-likeness (QED) is 0.236. The van der Waals surface area contributed by atoms with Crippen LogP contribution in [0.3, 0.4) is 0 Å². The molecule has 4 atom stereocenters. The number of amides is 2. The van der Waals surface area contributed by atoms with Crippen molar-refractivity contribution in [3.05, 3.63) is 111 Å². The number of hydrogen-bond acceptors (Lipinski definition) is 9. The van der Waals surface area contributed by atoms with Gasteiger partial charge < -0.3 is 34.6 Å². The van der Waals surface area contributed by atoms with Gasteiger partial charge in [0.05, 0.1) is 12.8 Å². The van der Waals surface area contributed by atoms with E-state index < -0.39 is 41.7 Å². The number of methoxy groups -OCH3 is 1. The SMILES string of the molecule is COC(=O)c1nc2oc1C13c4cc(ccc4OC1Nc1c(Br)cccc13)C[C@H](NC(=O)OCc1ccccc1)C(=O)N[C@H]2C(C)C. The Morgan fingerprint density at radius 2 is 1.89 bits per heavy atom. The summed E-state index contributed by atoms with van der Waals surface area (Å²) in [6, 6.07) is 18.9. The van der Waals surface area contributed by atoms with Crippen molar-refractivity contribution in [3.8, 4) is 5.75 Å². The molecule has 2 amide bonds. The van der Waals surface area contributed by atoms with Crippen LogP contribution in [-0.2, 0) is 32.7 Å². The van der Waals surface area contributed by atoms with Gasteiger partial charge in [-0.1, -0.05) is 68.4 Å². The van der Waals surface area contributed by atoms with E-state index in [0.717, 1.165) is 32.4 Å². The van der Waals surface area contributed by atoms with Gasteiger partial charge in [-0.25, -0.2) is 14.6 Å². The highest BCUT2D eigenvalue weighted by molar-refractivity contribution is 9.10. The number of nitrogens with zero attached hydrogens (tertiary/aromatic N) is 1. The summed E-state index contributed by atoms with van der Waals surface area (Å²) in [6.07, 6.45) is -1.27. The van der Waals surface area contributed by atoms with Crippen LogP contribution in [0.5, 0.6) is 5.75 Å². The second kappa shape index (κ2) is 11.5. The maximum absolute atomic E-state index is 13.9. The van der Waals surface area contributed by atoms with E-state index in [9.17, 15) is 14.4 Å². The van der Waals surface area contributed by atoms with Crippen LogP contribution in [0.1, 0.15) is 64.3 Å². The Labute approximate surface area is 273 Å². The molecule has 0 radical (unpaired) electrons. The molecule has 3 N–H and O–H groups in total. The van der Waals surface area contributed by atoms with Gasteiger partial charge in [-0.3, -0.25) is 4.79 Å². The number of halogens is 1. The van der Waals surface area contributed by atoms with Crippen LogP contribution in [0.15, 0.2) is 75.6 Å². The van der Waals surface area contributed by atoms with Gasteiger partial charge in [0.25, 0.3) is 0 Å². The molecule has 3 aliphatic rings. The number of carbonyl (C=O) groups excluding carboxylic acids is 3.